The van der Waals surface area contributed by atoms with Crippen LogP contribution in [-0.2, 0) is 0 Å². The number of benzene rings is 2. The largest absolute Gasteiger partial charge is 0.331 e. The zero-order valence-electron chi connectivity index (χ0n) is 13.6. The summed E-state index contributed by atoms with van der Waals surface area (Å²) < 4.78 is 26.7. The normalized spacial score (nSPS) is 11.9. The van der Waals surface area contributed by atoms with E-state index in [0.29, 0.717) is 0 Å². The first-order valence-corrected chi connectivity index (χ1v) is 7.38. The number of hydrogen-bond acceptors (Lipinski definition) is 1. The lowest BCUT2D eigenvalue weighted by Gasteiger charge is -2.18. The fourth-order valence-electron chi connectivity index (χ4n) is 2.65. The quantitative estimate of drug-likeness (QED) is 0.840. The molecule has 0 saturated carbocycles. The fraction of sp³-hybridized carbons (Fsp3) is 0.278. The topological polar surface area (TPSA) is 41.1 Å². The minimum Gasteiger partial charge on any atom is -0.331 e. The number of halogens is 2. The number of anilines is 1. The minimum absolute atomic E-state index is 0.235. The fourth-order valence-corrected chi connectivity index (χ4v) is 2.65. The maximum atomic E-state index is 13.7. The monoisotopic (exact) mass is 318 g/mol. The van der Waals surface area contributed by atoms with Crippen molar-refractivity contribution in [2.45, 2.75) is 33.7 Å². The first kappa shape index (κ1) is 16.9. The highest BCUT2D eigenvalue weighted by atomic mass is 19.1. The van der Waals surface area contributed by atoms with Crippen molar-refractivity contribution < 1.29 is 13.6 Å². The van der Waals surface area contributed by atoms with E-state index in [2.05, 4.69) is 10.6 Å². The Morgan fingerprint density at radius 2 is 1.65 bits per heavy atom. The summed E-state index contributed by atoms with van der Waals surface area (Å²) in [7, 11) is 0. The zero-order chi connectivity index (χ0) is 17.1. The molecule has 122 valence electrons. The van der Waals surface area contributed by atoms with E-state index in [1.165, 1.54) is 12.1 Å². The number of aryl methyl sites for hydroxylation is 3. The highest BCUT2D eigenvalue weighted by Crippen LogP contribution is 2.22. The molecule has 0 aromatic heterocycles. The van der Waals surface area contributed by atoms with Gasteiger partial charge in [0, 0.05) is 17.3 Å². The summed E-state index contributed by atoms with van der Waals surface area (Å²) in [5.74, 6) is -1.32. The lowest BCUT2D eigenvalue weighted by molar-refractivity contribution is 0.249. The summed E-state index contributed by atoms with van der Waals surface area (Å²) in [6, 6.07) is 6.25. The predicted octanol–water partition coefficient (Wildman–Crippen LogP) is 4.77. The number of rotatable bonds is 3. The van der Waals surface area contributed by atoms with Gasteiger partial charge in [-0.3, -0.25) is 0 Å². The summed E-state index contributed by atoms with van der Waals surface area (Å²) in [5, 5.41) is 5.45. The van der Waals surface area contributed by atoms with Crippen LogP contribution in [0.3, 0.4) is 0 Å². The average molecular weight is 318 g/mol. The Morgan fingerprint density at radius 3 is 2.22 bits per heavy atom. The Kier molecular flexibility index (Phi) is 4.98. The molecule has 0 spiro atoms. The average Bonchev–Trinajstić information content (AvgIpc) is 2.42. The Labute approximate surface area is 134 Å². The van der Waals surface area contributed by atoms with Crippen molar-refractivity contribution in [2.75, 3.05) is 5.32 Å². The number of carbonyl (C=O) groups is 1. The Balaban J connectivity index is 2.10. The predicted molar refractivity (Wildman–Crippen MR) is 87.6 cm³/mol. The lowest BCUT2D eigenvalue weighted by Crippen LogP contribution is -2.32. The Hall–Kier alpha value is -2.43. The van der Waals surface area contributed by atoms with Crippen LogP contribution in [0.1, 0.15) is 35.2 Å². The summed E-state index contributed by atoms with van der Waals surface area (Å²) >= 11 is 0. The molecule has 0 heterocycles. The number of nitrogens with one attached hydrogen (secondary N) is 2. The van der Waals surface area contributed by atoms with Crippen molar-refractivity contribution in [2.24, 2.45) is 0 Å². The molecular formula is C18H20F2N2O. The first-order valence-electron chi connectivity index (χ1n) is 7.38. The van der Waals surface area contributed by atoms with Gasteiger partial charge < -0.3 is 10.6 Å². The third-order valence-corrected chi connectivity index (χ3v) is 3.69. The van der Waals surface area contributed by atoms with Gasteiger partial charge in [-0.15, -0.1) is 0 Å². The molecule has 0 saturated heterocycles. The van der Waals surface area contributed by atoms with E-state index in [0.717, 1.165) is 28.4 Å². The molecule has 0 fully saturated rings. The molecule has 0 radical (unpaired) electrons. The standard InChI is InChI=1S/C18H20F2N2O/c1-10-7-11(2)17(12(3)8-10)22-18(23)21-13(4)15-6-5-14(19)9-16(15)20/h5-9,13H,1-4H3,(H2,21,22,23). The number of hydrogen-bond donors (Lipinski definition) is 2. The van der Waals surface area contributed by atoms with Crippen LogP contribution in [0.15, 0.2) is 30.3 Å². The molecule has 0 aliphatic carbocycles. The smallest absolute Gasteiger partial charge is 0.319 e. The molecule has 0 bridgehead atoms. The van der Waals surface area contributed by atoms with Gasteiger partial charge in [0.15, 0.2) is 0 Å². The molecule has 2 aromatic rings. The molecule has 5 heteroatoms. The van der Waals surface area contributed by atoms with E-state index in [1.807, 2.05) is 32.9 Å². The summed E-state index contributed by atoms with van der Waals surface area (Å²) in [6.45, 7) is 7.46. The highest BCUT2D eigenvalue weighted by Gasteiger charge is 2.15. The summed E-state index contributed by atoms with van der Waals surface area (Å²) in [6.07, 6.45) is 0. The van der Waals surface area contributed by atoms with Gasteiger partial charge in [-0.1, -0.05) is 23.8 Å². The second-order valence-electron chi connectivity index (χ2n) is 5.76. The molecule has 2 rings (SSSR count). The maximum absolute atomic E-state index is 13.7. The third-order valence-electron chi connectivity index (χ3n) is 3.69. The van der Waals surface area contributed by atoms with Gasteiger partial charge >= 0.3 is 6.03 Å². The lowest BCUT2D eigenvalue weighted by atomic mass is 10.1. The SMILES string of the molecule is Cc1cc(C)c(NC(=O)NC(C)c2ccc(F)cc2F)c(C)c1. The molecule has 2 amide bonds. The van der Waals surface area contributed by atoms with Gasteiger partial charge in [0.25, 0.3) is 0 Å². The van der Waals surface area contributed by atoms with E-state index in [4.69, 9.17) is 0 Å². The molecule has 23 heavy (non-hydrogen) atoms. The second kappa shape index (κ2) is 6.77. The summed E-state index contributed by atoms with van der Waals surface area (Å²) in [4.78, 5) is 12.1. The van der Waals surface area contributed by atoms with Crippen LogP contribution in [0.25, 0.3) is 0 Å². The highest BCUT2D eigenvalue weighted by molar-refractivity contribution is 5.91. The third kappa shape index (κ3) is 4.06. The number of urea groups is 1. The van der Waals surface area contributed by atoms with Gasteiger partial charge in [0.1, 0.15) is 11.6 Å². The second-order valence-corrected chi connectivity index (χ2v) is 5.76. The van der Waals surface area contributed by atoms with Crippen molar-refractivity contribution in [1.82, 2.24) is 5.32 Å². The van der Waals surface area contributed by atoms with Crippen LogP contribution in [0.5, 0.6) is 0 Å². The van der Waals surface area contributed by atoms with E-state index in [-0.39, 0.29) is 5.56 Å². The maximum Gasteiger partial charge on any atom is 0.319 e. The van der Waals surface area contributed by atoms with E-state index >= 15 is 0 Å². The first-order chi connectivity index (χ1) is 10.8. The van der Waals surface area contributed by atoms with Gasteiger partial charge in [-0.25, -0.2) is 13.6 Å². The van der Waals surface area contributed by atoms with Gasteiger partial charge in [-0.2, -0.15) is 0 Å². The van der Waals surface area contributed by atoms with Crippen LogP contribution in [0, 0.1) is 32.4 Å². The summed E-state index contributed by atoms with van der Waals surface area (Å²) in [5.41, 5.74) is 4.00. The molecule has 3 nitrogen and oxygen atoms in total. The molecule has 0 aliphatic heterocycles. The van der Waals surface area contributed by atoms with Crippen molar-refractivity contribution in [3.05, 3.63) is 64.2 Å². The van der Waals surface area contributed by atoms with Crippen molar-refractivity contribution in [1.29, 1.82) is 0 Å². The Bertz CT molecular complexity index is 721. The molecule has 0 aliphatic rings. The van der Waals surface area contributed by atoms with E-state index in [9.17, 15) is 13.6 Å². The van der Waals surface area contributed by atoms with Crippen LogP contribution >= 0.6 is 0 Å². The minimum atomic E-state index is -0.680. The van der Waals surface area contributed by atoms with Crippen molar-refractivity contribution in [3.8, 4) is 0 Å². The zero-order valence-corrected chi connectivity index (χ0v) is 13.6. The van der Waals surface area contributed by atoms with Gasteiger partial charge in [-0.05, 0) is 44.9 Å². The molecule has 2 aromatic carbocycles. The number of amides is 2. The van der Waals surface area contributed by atoms with Gasteiger partial charge in [0.2, 0.25) is 0 Å². The van der Waals surface area contributed by atoms with Gasteiger partial charge in [0.05, 0.1) is 6.04 Å². The van der Waals surface area contributed by atoms with E-state index < -0.39 is 23.7 Å². The van der Waals surface area contributed by atoms with Crippen LogP contribution in [0.4, 0.5) is 19.3 Å². The molecule has 1 unspecified atom stereocenters. The number of carbonyl (C=O) groups excluding carboxylic acids is 1. The van der Waals surface area contributed by atoms with Crippen molar-refractivity contribution in [3.63, 3.8) is 0 Å². The molecule has 2 N–H and O–H groups in total. The van der Waals surface area contributed by atoms with Crippen molar-refractivity contribution >= 4 is 11.7 Å². The van der Waals surface area contributed by atoms with Crippen LogP contribution in [-0.4, -0.2) is 6.03 Å². The van der Waals surface area contributed by atoms with Crippen LogP contribution in [0.2, 0.25) is 0 Å². The van der Waals surface area contributed by atoms with E-state index in [1.54, 1.807) is 6.92 Å². The molecule has 1 atom stereocenters. The molecular weight excluding hydrogens is 298 g/mol. The van der Waals surface area contributed by atoms with Crippen LogP contribution < -0.4 is 10.6 Å². The Morgan fingerprint density at radius 1 is 1.04 bits per heavy atom.